The van der Waals surface area contributed by atoms with Gasteiger partial charge in [-0.3, -0.25) is 4.79 Å². The van der Waals surface area contributed by atoms with Crippen LogP contribution in [0.2, 0.25) is 0 Å². The van der Waals surface area contributed by atoms with Gasteiger partial charge in [0.25, 0.3) is 0 Å². The summed E-state index contributed by atoms with van der Waals surface area (Å²) < 4.78 is 5.09. The lowest BCUT2D eigenvalue weighted by molar-refractivity contribution is -0.126. The predicted molar refractivity (Wildman–Crippen MR) is 72.3 cm³/mol. The van der Waals surface area contributed by atoms with Crippen LogP contribution in [0.4, 0.5) is 0 Å². The zero-order valence-electron chi connectivity index (χ0n) is 11.7. The number of hydrogen-bond acceptors (Lipinski definition) is 4. The van der Waals surface area contributed by atoms with Gasteiger partial charge in [0.1, 0.15) is 5.76 Å². The molecular weight excluding hydrogens is 242 g/mol. The molecule has 1 aliphatic rings. The molecule has 1 heterocycles. The summed E-state index contributed by atoms with van der Waals surface area (Å²) in [7, 11) is 0. The lowest BCUT2D eigenvalue weighted by Gasteiger charge is -2.26. The number of nitrogens with two attached hydrogens (primary N) is 1. The summed E-state index contributed by atoms with van der Waals surface area (Å²) in [6, 6.07) is 0. The van der Waals surface area contributed by atoms with E-state index in [9.17, 15) is 4.79 Å². The summed E-state index contributed by atoms with van der Waals surface area (Å²) in [4.78, 5) is 12.1. The molecule has 1 aromatic rings. The molecule has 0 aliphatic heterocycles. The van der Waals surface area contributed by atoms with Gasteiger partial charge in [0.05, 0.1) is 5.69 Å². The number of carbonyl (C=O) groups is 1. The van der Waals surface area contributed by atoms with E-state index in [0.29, 0.717) is 12.5 Å². The van der Waals surface area contributed by atoms with Gasteiger partial charge in [0.2, 0.25) is 5.91 Å². The van der Waals surface area contributed by atoms with Crippen molar-refractivity contribution in [3.05, 3.63) is 17.0 Å². The van der Waals surface area contributed by atoms with Gasteiger partial charge in [-0.05, 0) is 52.0 Å². The van der Waals surface area contributed by atoms with Gasteiger partial charge in [-0.15, -0.1) is 0 Å². The van der Waals surface area contributed by atoms with E-state index in [4.69, 9.17) is 10.3 Å². The molecule has 5 nitrogen and oxygen atoms in total. The molecule has 1 saturated carbocycles. The van der Waals surface area contributed by atoms with Crippen molar-refractivity contribution in [2.24, 2.45) is 17.6 Å². The number of hydrogen-bond donors (Lipinski definition) is 2. The molecule has 2 rings (SSSR count). The van der Waals surface area contributed by atoms with Crippen LogP contribution in [0.25, 0.3) is 0 Å². The van der Waals surface area contributed by atoms with Crippen LogP contribution in [0, 0.1) is 25.7 Å². The van der Waals surface area contributed by atoms with Gasteiger partial charge < -0.3 is 15.6 Å². The third kappa shape index (κ3) is 3.35. The molecule has 1 aromatic heterocycles. The van der Waals surface area contributed by atoms with E-state index in [1.54, 1.807) is 0 Å². The zero-order valence-corrected chi connectivity index (χ0v) is 11.7. The van der Waals surface area contributed by atoms with Gasteiger partial charge in [-0.25, -0.2) is 0 Å². The minimum absolute atomic E-state index is 0.142. The second kappa shape index (κ2) is 6.19. The van der Waals surface area contributed by atoms with Gasteiger partial charge in [0.15, 0.2) is 0 Å². The summed E-state index contributed by atoms with van der Waals surface area (Å²) in [6.45, 7) is 5.02. The highest BCUT2D eigenvalue weighted by atomic mass is 16.5. The van der Waals surface area contributed by atoms with E-state index in [-0.39, 0.29) is 11.8 Å². The number of aryl methyl sites for hydroxylation is 2. The fourth-order valence-electron chi connectivity index (χ4n) is 2.73. The Labute approximate surface area is 113 Å². The summed E-state index contributed by atoms with van der Waals surface area (Å²) >= 11 is 0. The largest absolute Gasteiger partial charge is 0.361 e. The van der Waals surface area contributed by atoms with E-state index in [1.165, 1.54) is 0 Å². The first-order valence-corrected chi connectivity index (χ1v) is 7.01. The third-order valence-electron chi connectivity index (χ3n) is 4.17. The van der Waals surface area contributed by atoms with Gasteiger partial charge in [-0.1, -0.05) is 5.16 Å². The number of nitrogens with zero attached hydrogens (tertiary/aromatic N) is 1. The number of amides is 1. The van der Waals surface area contributed by atoms with Crippen LogP contribution in [0.3, 0.4) is 0 Å². The standard InChI is InChI=1S/C14H23N3O2/c1-9-13(10(2)19-17-9)8-16-14(18)12-5-3-11(7-15)4-6-12/h11-12H,3-8,15H2,1-2H3,(H,16,18). The van der Waals surface area contributed by atoms with Crippen LogP contribution in [0.5, 0.6) is 0 Å². The molecule has 0 bridgehead atoms. The highest BCUT2D eigenvalue weighted by Gasteiger charge is 2.25. The van der Waals surface area contributed by atoms with E-state index >= 15 is 0 Å². The van der Waals surface area contributed by atoms with Crippen molar-refractivity contribution < 1.29 is 9.32 Å². The molecule has 0 spiro atoms. The Bertz CT molecular complexity index is 414. The first kappa shape index (κ1) is 14.1. The maximum Gasteiger partial charge on any atom is 0.223 e. The monoisotopic (exact) mass is 265 g/mol. The Morgan fingerprint density at radius 1 is 1.37 bits per heavy atom. The van der Waals surface area contributed by atoms with Crippen molar-refractivity contribution in [2.75, 3.05) is 6.54 Å². The molecule has 1 amide bonds. The van der Waals surface area contributed by atoms with Crippen LogP contribution >= 0.6 is 0 Å². The average Bonchev–Trinajstić information content (AvgIpc) is 2.75. The van der Waals surface area contributed by atoms with Crippen molar-refractivity contribution in [3.63, 3.8) is 0 Å². The molecule has 0 unspecified atom stereocenters. The van der Waals surface area contributed by atoms with Crippen LogP contribution in [0.1, 0.15) is 42.7 Å². The smallest absolute Gasteiger partial charge is 0.223 e. The van der Waals surface area contributed by atoms with Crippen LogP contribution in [0.15, 0.2) is 4.52 Å². The predicted octanol–water partition coefficient (Wildman–Crippen LogP) is 1.67. The molecule has 0 aromatic carbocycles. The SMILES string of the molecule is Cc1noc(C)c1CNC(=O)C1CCC(CN)CC1. The Morgan fingerprint density at radius 2 is 2.05 bits per heavy atom. The fourth-order valence-corrected chi connectivity index (χ4v) is 2.73. The first-order chi connectivity index (χ1) is 9.11. The molecule has 1 fully saturated rings. The Kier molecular flexibility index (Phi) is 4.58. The molecule has 0 saturated heterocycles. The maximum absolute atomic E-state index is 12.1. The zero-order chi connectivity index (χ0) is 13.8. The number of rotatable bonds is 4. The Hall–Kier alpha value is -1.36. The van der Waals surface area contributed by atoms with E-state index in [1.807, 2.05) is 13.8 Å². The van der Waals surface area contributed by atoms with E-state index < -0.39 is 0 Å². The average molecular weight is 265 g/mol. The third-order valence-corrected chi connectivity index (χ3v) is 4.17. The lowest BCUT2D eigenvalue weighted by Crippen LogP contribution is -2.34. The van der Waals surface area contributed by atoms with Crippen molar-refractivity contribution in [1.82, 2.24) is 10.5 Å². The normalized spacial score (nSPS) is 23.3. The molecule has 19 heavy (non-hydrogen) atoms. The van der Waals surface area contributed by atoms with Crippen LogP contribution in [-0.2, 0) is 11.3 Å². The van der Waals surface area contributed by atoms with E-state index in [2.05, 4.69) is 10.5 Å². The molecule has 3 N–H and O–H groups in total. The minimum atomic E-state index is 0.142. The lowest BCUT2D eigenvalue weighted by atomic mass is 9.81. The van der Waals surface area contributed by atoms with Crippen molar-refractivity contribution >= 4 is 5.91 Å². The summed E-state index contributed by atoms with van der Waals surface area (Å²) in [5.74, 6) is 1.68. The van der Waals surface area contributed by atoms with Gasteiger partial charge in [0, 0.05) is 18.0 Å². The molecule has 106 valence electrons. The topological polar surface area (TPSA) is 81.2 Å². The molecule has 5 heteroatoms. The van der Waals surface area contributed by atoms with Crippen molar-refractivity contribution in [3.8, 4) is 0 Å². The first-order valence-electron chi connectivity index (χ1n) is 7.01. The van der Waals surface area contributed by atoms with Gasteiger partial charge in [-0.2, -0.15) is 0 Å². The summed E-state index contributed by atoms with van der Waals surface area (Å²) in [6.07, 6.45) is 4.05. The number of aromatic nitrogens is 1. The maximum atomic E-state index is 12.1. The molecule has 0 atom stereocenters. The van der Waals surface area contributed by atoms with Crippen LogP contribution in [-0.4, -0.2) is 17.6 Å². The number of nitrogens with one attached hydrogen (secondary N) is 1. The summed E-state index contributed by atoms with van der Waals surface area (Å²) in [5.41, 5.74) is 7.50. The Morgan fingerprint density at radius 3 is 2.58 bits per heavy atom. The molecule has 0 radical (unpaired) electrons. The number of carbonyl (C=O) groups excluding carboxylic acids is 1. The van der Waals surface area contributed by atoms with Crippen molar-refractivity contribution in [2.45, 2.75) is 46.1 Å². The fraction of sp³-hybridized carbons (Fsp3) is 0.714. The second-order valence-electron chi connectivity index (χ2n) is 5.47. The quantitative estimate of drug-likeness (QED) is 0.867. The van der Waals surface area contributed by atoms with Crippen LogP contribution < -0.4 is 11.1 Å². The second-order valence-corrected chi connectivity index (χ2v) is 5.47. The van der Waals surface area contributed by atoms with E-state index in [0.717, 1.165) is 49.2 Å². The minimum Gasteiger partial charge on any atom is -0.361 e. The molecule has 1 aliphatic carbocycles. The molecular formula is C14H23N3O2. The highest BCUT2D eigenvalue weighted by molar-refractivity contribution is 5.78. The Balaban J connectivity index is 1.82. The highest BCUT2D eigenvalue weighted by Crippen LogP contribution is 2.28. The van der Waals surface area contributed by atoms with Gasteiger partial charge >= 0.3 is 0 Å². The van der Waals surface area contributed by atoms with Crippen molar-refractivity contribution in [1.29, 1.82) is 0 Å². The summed E-state index contributed by atoms with van der Waals surface area (Å²) in [5, 5.41) is 6.89.